The maximum absolute atomic E-state index is 10.8. The molecule has 0 radical (unpaired) electrons. The second kappa shape index (κ2) is 4.58. The number of rotatable bonds is 3. The van der Waals surface area contributed by atoms with Gasteiger partial charge in [-0.25, -0.2) is 4.79 Å². The molecular formula is C14H10O3. The molecule has 0 aromatic heterocycles. The van der Waals surface area contributed by atoms with Crippen molar-refractivity contribution >= 4 is 16.7 Å². The van der Waals surface area contributed by atoms with Crippen LogP contribution in [0, 0.1) is 12.3 Å². The summed E-state index contributed by atoms with van der Waals surface area (Å²) >= 11 is 0. The number of hydrogen-bond acceptors (Lipinski definition) is 2. The summed E-state index contributed by atoms with van der Waals surface area (Å²) in [6.45, 7) is 0.199. The van der Waals surface area contributed by atoms with Gasteiger partial charge in [-0.2, -0.15) is 0 Å². The Bertz CT molecular complexity index is 608. The number of carboxylic acids is 1. The van der Waals surface area contributed by atoms with Crippen molar-refractivity contribution in [1.29, 1.82) is 0 Å². The number of carbonyl (C=O) groups is 1. The maximum atomic E-state index is 10.8. The summed E-state index contributed by atoms with van der Waals surface area (Å²) in [6.07, 6.45) is 5.10. The van der Waals surface area contributed by atoms with Gasteiger partial charge in [0.2, 0.25) is 0 Å². The van der Waals surface area contributed by atoms with Gasteiger partial charge in [0.15, 0.2) is 0 Å². The predicted molar refractivity (Wildman–Crippen MR) is 65.2 cm³/mol. The van der Waals surface area contributed by atoms with Crippen molar-refractivity contribution in [2.45, 2.75) is 0 Å². The smallest absolute Gasteiger partial charge is 0.335 e. The molecular weight excluding hydrogens is 216 g/mol. The highest BCUT2D eigenvalue weighted by Crippen LogP contribution is 2.22. The molecule has 0 amide bonds. The number of aromatic carboxylic acids is 1. The molecule has 0 aliphatic heterocycles. The summed E-state index contributed by atoms with van der Waals surface area (Å²) in [5, 5.41) is 10.7. The summed E-state index contributed by atoms with van der Waals surface area (Å²) in [6, 6.07) is 10.4. The van der Waals surface area contributed by atoms with E-state index in [0.717, 1.165) is 10.8 Å². The van der Waals surface area contributed by atoms with Gasteiger partial charge in [0, 0.05) is 0 Å². The van der Waals surface area contributed by atoms with Gasteiger partial charge >= 0.3 is 5.97 Å². The van der Waals surface area contributed by atoms with E-state index in [1.54, 1.807) is 30.3 Å². The van der Waals surface area contributed by atoms with Gasteiger partial charge in [0.1, 0.15) is 12.4 Å². The molecule has 0 unspecified atom stereocenters. The van der Waals surface area contributed by atoms with Crippen LogP contribution in [0.25, 0.3) is 10.8 Å². The molecule has 0 aliphatic rings. The van der Waals surface area contributed by atoms with Gasteiger partial charge in [0.25, 0.3) is 0 Å². The van der Waals surface area contributed by atoms with E-state index in [1.807, 2.05) is 6.07 Å². The highest BCUT2D eigenvalue weighted by atomic mass is 16.5. The van der Waals surface area contributed by atoms with Crippen molar-refractivity contribution in [2.75, 3.05) is 6.61 Å². The average Bonchev–Trinajstić information content (AvgIpc) is 2.35. The third kappa shape index (κ3) is 2.37. The molecule has 0 atom stereocenters. The van der Waals surface area contributed by atoms with Crippen molar-refractivity contribution in [3.63, 3.8) is 0 Å². The first-order chi connectivity index (χ1) is 8.20. The van der Waals surface area contributed by atoms with E-state index in [-0.39, 0.29) is 12.2 Å². The number of carboxylic acid groups (broad SMARTS) is 1. The van der Waals surface area contributed by atoms with E-state index in [9.17, 15) is 4.79 Å². The average molecular weight is 226 g/mol. The minimum atomic E-state index is -0.943. The molecule has 2 aromatic rings. The van der Waals surface area contributed by atoms with E-state index < -0.39 is 5.97 Å². The Balaban J connectivity index is 2.44. The van der Waals surface area contributed by atoms with Crippen LogP contribution in [0.3, 0.4) is 0 Å². The third-order valence-electron chi connectivity index (χ3n) is 2.38. The van der Waals surface area contributed by atoms with Crippen molar-refractivity contribution in [2.24, 2.45) is 0 Å². The Morgan fingerprint density at radius 1 is 1.24 bits per heavy atom. The quantitative estimate of drug-likeness (QED) is 0.818. The predicted octanol–water partition coefficient (Wildman–Crippen LogP) is 2.55. The molecule has 1 N–H and O–H groups in total. The zero-order valence-corrected chi connectivity index (χ0v) is 9.01. The fraction of sp³-hybridized carbons (Fsp3) is 0.0714. The Kier molecular flexibility index (Phi) is 2.97. The van der Waals surface area contributed by atoms with Crippen molar-refractivity contribution in [3.05, 3.63) is 42.0 Å². The molecule has 84 valence electrons. The molecule has 0 saturated heterocycles. The van der Waals surface area contributed by atoms with Crippen molar-refractivity contribution < 1.29 is 14.6 Å². The summed E-state index contributed by atoms with van der Waals surface area (Å²) in [4.78, 5) is 10.8. The summed E-state index contributed by atoms with van der Waals surface area (Å²) in [5.41, 5.74) is 0.256. The van der Waals surface area contributed by atoms with Crippen LogP contribution in [0.5, 0.6) is 5.75 Å². The molecule has 0 spiro atoms. The first kappa shape index (κ1) is 11.0. The zero-order valence-electron chi connectivity index (χ0n) is 9.01. The highest BCUT2D eigenvalue weighted by Gasteiger charge is 2.04. The molecule has 0 aliphatic carbocycles. The lowest BCUT2D eigenvalue weighted by Gasteiger charge is -2.04. The lowest BCUT2D eigenvalue weighted by molar-refractivity contribution is 0.0697. The molecule has 2 aromatic carbocycles. The van der Waals surface area contributed by atoms with E-state index in [0.29, 0.717) is 5.75 Å². The second-order valence-electron chi connectivity index (χ2n) is 3.52. The van der Waals surface area contributed by atoms with Gasteiger partial charge in [-0.05, 0) is 35.0 Å². The normalized spacial score (nSPS) is 9.82. The van der Waals surface area contributed by atoms with E-state index >= 15 is 0 Å². The van der Waals surface area contributed by atoms with Gasteiger partial charge in [-0.3, -0.25) is 0 Å². The summed E-state index contributed by atoms with van der Waals surface area (Å²) < 4.78 is 5.28. The minimum Gasteiger partial charge on any atom is -0.481 e. The molecule has 3 heteroatoms. The first-order valence-electron chi connectivity index (χ1n) is 5.04. The lowest BCUT2D eigenvalue weighted by Crippen LogP contribution is -1.96. The number of hydrogen-bond donors (Lipinski definition) is 1. The van der Waals surface area contributed by atoms with Gasteiger partial charge in [0.05, 0.1) is 5.56 Å². The minimum absolute atomic E-state index is 0.199. The topological polar surface area (TPSA) is 46.5 Å². The largest absolute Gasteiger partial charge is 0.481 e. The van der Waals surface area contributed by atoms with E-state index in [1.165, 1.54) is 0 Å². The SMILES string of the molecule is C#CCOc1ccc2ccc(C(=O)O)cc2c1. The maximum Gasteiger partial charge on any atom is 0.335 e. The standard InChI is InChI=1S/C14H10O3/c1-2-7-17-13-6-5-10-3-4-11(14(15)16)8-12(10)9-13/h1,3-6,8-9H,7H2,(H,15,16). The van der Waals surface area contributed by atoms with Crippen molar-refractivity contribution in [3.8, 4) is 18.1 Å². The fourth-order valence-electron chi connectivity index (χ4n) is 1.57. The highest BCUT2D eigenvalue weighted by molar-refractivity contribution is 5.94. The molecule has 17 heavy (non-hydrogen) atoms. The Labute approximate surface area is 98.6 Å². The fourth-order valence-corrected chi connectivity index (χ4v) is 1.57. The molecule has 2 rings (SSSR count). The molecule has 0 bridgehead atoms. The van der Waals surface area contributed by atoms with Crippen LogP contribution in [0.15, 0.2) is 36.4 Å². The first-order valence-corrected chi connectivity index (χ1v) is 5.04. The van der Waals surface area contributed by atoms with Crippen LogP contribution < -0.4 is 4.74 Å². The van der Waals surface area contributed by atoms with Crippen molar-refractivity contribution in [1.82, 2.24) is 0 Å². The Morgan fingerprint density at radius 3 is 2.71 bits per heavy atom. The monoisotopic (exact) mass is 226 g/mol. The van der Waals surface area contributed by atoms with Crippen LogP contribution in [0.4, 0.5) is 0 Å². The van der Waals surface area contributed by atoms with Gasteiger partial charge in [-0.15, -0.1) is 6.42 Å². The van der Waals surface area contributed by atoms with Crippen LogP contribution >= 0.6 is 0 Å². The second-order valence-corrected chi connectivity index (χ2v) is 3.52. The molecule has 3 nitrogen and oxygen atoms in total. The van der Waals surface area contributed by atoms with Crippen LogP contribution in [-0.4, -0.2) is 17.7 Å². The van der Waals surface area contributed by atoms with Gasteiger partial charge in [-0.1, -0.05) is 18.1 Å². The molecule has 0 heterocycles. The molecule has 0 saturated carbocycles. The van der Waals surface area contributed by atoms with E-state index in [4.69, 9.17) is 16.3 Å². The molecule has 0 fully saturated rings. The number of terminal acetylenes is 1. The van der Waals surface area contributed by atoms with Crippen LogP contribution in [-0.2, 0) is 0 Å². The Hall–Kier alpha value is -2.47. The number of ether oxygens (including phenoxy) is 1. The summed E-state index contributed by atoms with van der Waals surface area (Å²) in [7, 11) is 0. The lowest BCUT2D eigenvalue weighted by atomic mass is 10.1. The third-order valence-corrected chi connectivity index (χ3v) is 2.38. The van der Waals surface area contributed by atoms with Crippen LogP contribution in [0.2, 0.25) is 0 Å². The van der Waals surface area contributed by atoms with E-state index in [2.05, 4.69) is 5.92 Å². The number of fused-ring (bicyclic) bond motifs is 1. The zero-order chi connectivity index (χ0) is 12.3. The van der Waals surface area contributed by atoms with Crippen LogP contribution in [0.1, 0.15) is 10.4 Å². The summed E-state index contributed by atoms with van der Waals surface area (Å²) in [5.74, 6) is 2.07. The Morgan fingerprint density at radius 2 is 2.00 bits per heavy atom. The number of benzene rings is 2. The van der Waals surface area contributed by atoms with Gasteiger partial charge < -0.3 is 9.84 Å².